The van der Waals surface area contributed by atoms with Crippen LogP contribution in [0.25, 0.3) is 5.76 Å². The maximum Gasteiger partial charge on any atom is 0.209 e. The van der Waals surface area contributed by atoms with E-state index in [-0.39, 0.29) is 35.4 Å². The van der Waals surface area contributed by atoms with Gasteiger partial charge in [0.1, 0.15) is 22.8 Å². The number of aromatic nitrogens is 1. The van der Waals surface area contributed by atoms with E-state index in [1.165, 1.54) is 0 Å². The minimum absolute atomic E-state index is 0.0364. The van der Waals surface area contributed by atoms with Gasteiger partial charge >= 0.3 is 0 Å². The number of nitrogens with zero attached hydrogens (tertiary/aromatic N) is 1. The molecule has 0 saturated heterocycles. The average molecular weight is 634 g/mol. The minimum Gasteiger partial charge on any atom is -0.482 e. The van der Waals surface area contributed by atoms with E-state index < -0.39 is 28.1 Å². The quantitative estimate of drug-likeness (QED) is 0.138. The number of hydrogen-bond donors (Lipinski definition) is 0. The number of benzene rings is 4. The molecule has 0 fully saturated rings. The highest BCUT2D eigenvalue weighted by Crippen LogP contribution is 2.40. The number of rotatable bonds is 13. The van der Waals surface area contributed by atoms with Gasteiger partial charge in [0, 0.05) is 6.20 Å². The van der Waals surface area contributed by atoms with Crippen molar-refractivity contribution >= 4 is 15.6 Å². The lowest BCUT2D eigenvalue weighted by Gasteiger charge is -2.40. The van der Waals surface area contributed by atoms with E-state index in [9.17, 15) is 8.42 Å². The van der Waals surface area contributed by atoms with Crippen molar-refractivity contribution in [3.8, 4) is 0 Å². The molecule has 7 nitrogen and oxygen atoms in total. The first-order valence-electron chi connectivity index (χ1n) is 15.1. The summed E-state index contributed by atoms with van der Waals surface area (Å²) in [5.74, 6) is 0.121. The van der Waals surface area contributed by atoms with Crippen LogP contribution in [0.15, 0.2) is 156 Å². The number of pyridine rings is 1. The smallest absolute Gasteiger partial charge is 0.209 e. The molecule has 0 spiro atoms. The zero-order valence-corrected chi connectivity index (χ0v) is 26.0. The van der Waals surface area contributed by atoms with Gasteiger partial charge in [-0.15, -0.1) is 0 Å². The molecular formula is C38H35NO6S. The van der Waals surface area contributed by atoms with Gasteiger partial charge in [-0.3, -0.25) is 4.98 Å². The van der Waals surface area contributed by atoms with Gasteiger partial charge in [0.05, 0.1) is 31.3 Å². The Kier molecular flexibility index (Phi) is 10.3. The van der Waals surface area contributed by atoms with Crippen LogP contribution in [-0.4, -0.2) is 38.3 Å². The van der Waals surface area contributed by atoms with Crippen LogP contribution >= 0.6 is 0 Å². The second-order valence-electron chi connectivity index (χ2n) is 10.9. The van der Waals surface area contributed by atoms with Crippen molar-refractivity contribution in [1.29, 1.82) is 0 Å². The Morgan fingerprint density at radius 2 is 1.13 bits per heavy atom. The second-order valence-corrected chi connectivity index (χ2v) is 12.8. The lowest BCUT2D eigenvalue weighted by molar-refractivity contribution is -0.143. The van der Waals surface area contributed by atoms with Crippen molar-refractivity contribution in [3.63, 3.8) is 0 Å². The Morgan fingerprint density at radius 1 is 0.609 bits per heavy atom. The summed E-state index contributed by atoms with van der Waals surface area (Å²) in [5.41, 5.74) is 3.20. The fourth-order valence-corrected chi connectivity index (χ4v) is 7.00. The molecule has 6 rings (SSSR count). The molecule has 0 saturated carbocycles. The molecule has 8 heteroatoms. The largest absolute Gasteiger partial charge is 0.482 e. The molecule has 234 valence electrons. The fraction of sp³-hybridized carbons (Fsp3) is 0.184. The van der Waals surface area contributed by atoms with Crippen molar-refractivity contribution < 1.29 is 27.4 Å². The van der Waals surface area contributed by atoms with Gasteiger partial charge < -0.3 is 18.9 Å². The molecule has 0 bridgehead atoms. The second kappa shape index (κ2) is 15.1. The molecule has 0 radical (unpaired) electrons. The Balaban J connectivity index is 1.45. The van der Waals surface area contributed by atoms with E-state index in [4.69, 9.17) is 18.9 Å². The summed E-state index contributed by atoms with van der Waals surface area (Å²) in [6, 6.07) is 42.8. The first-order valence-corrected chi connectivity index (χ1v) is 16.6. The summed E-state index contributed by atoms with van der Waals surface area (Å²) in [7, 11) is -4.15. The Morgan fingerprint density at radius 3 is 1.70 bits per heavy atom. The molecule has 0 N–H and O–H groups in total. The zero-order chi connectivity index (χ0) is 31.6. The van der Waals surface area contributed by atoms with Gasteiger partial charge in [-0.25, -0.2) is 8.42 Å². The normalized spacial score (nSPS) is 18.2. The Labute approximate surface area is 270 Å². The highest BCUT2D eigenvalue weighted by atomic mass is 32.2. The zero-order valence-electron chi connectivity index (χ0n) is 25.2. The molecular weight excluding hydrogens is 598 g/mol. The van der Waals surface area contributed by atoms with Gasteiger partial charge in [-0.05, 0) is 41.0 Å². The van der Waals surface area contributed by atoms with Gasteiger partial charge in [-0.2, -0.15) is 0 Å². The van der Waals surface area contributed by atoms with Crippen LogP contribution in [-0.2, 0) is 48.6 Å². The van der Waals surface area contributed by atoms with E-state index >= 15 is 0 Å². The summed E-state index contributed by atoms with van der Waals surface area (Å²) in [6.45, 7) is 0.832. The van der Waals surface area contributed by atoms with E-state index in [0.29, 0.717) is 12.3 Å². The average Bonchev–Trinajstić information content (AvgIpc) is 3.12. The molecule has 0 unspecified atom stereocenters. The molecule has 4 aromatic carbocycles. The lowest BCUT2D eigenvalue weighted by Crippen LogP contribution is -2.50. The lowest BCUT2D eigenvalue weighted by atomic mass is 10.0. The molecule has 2 heterocycles. The predicted molar refractivity (Wildman–Crippen MR) is 176 cm³/mol. The van der Waals surface area contributed by atoms with Gasteiger partial charge in [0.2, 0.25) is 9.84 Å². The summed E-state index contributed by atoms with van der Waals surface area (Å²) < 4.78 is 55.2. The Bertz CT molecular complexity index is 1800. The molecule has 1 aliphatic heterocycles. The predicted octanol–water partition coefficient (Wildman–Crippen LogP) is 7.01. The molecule has 0 amide bonds. The Hall–Kier alpha value is -4.60. The third-order valence-electron chi connectivity index (χ3n) is 7.61. The standard InChI is InChI=1S/C38H35NO6S/c40-46(41,32-21-11-4-12-22-32)38-35(33-23-13-14-24-39-33)45-34(28-42-25-29-15-5-1-6-16-29)36(43-26-30-17-7-2-8-18-30)37(38)44-27-31-19-9-3-10-20-31/h1-24,34,36-37H,25-28H2/t34-,36-,37+/m1/s1. The number of ether oxygens (including phenoxy) is 4. The maximum absolute atomic E-state index is 14.6. The van der Waals surface area contributed by atoms with E-state index in [1.54, 1.807) is 54.7 Å². The van der Waals surface area contributed by atoms with Crippen LogP contribution in [0.4, 0.5) is 0 Å². The summed E-state index contributed by atoms with van der Waals surface area (Å²) >= 11 is 0. The van der Waals surface area contributed by atoms with Crippen LogP contribution in [0, 0.1) is 0 Å². The number of hydrogen-bond acceptors (Lipinski definition) is 7. The topological polar surface area (TPSA) is 84.0 Å². The number of sulfone groups is 1. The first kappa shape index (κ1) is 31.4. The first-order chi connectivity index (χ1) is 22.6. The van der Waals surface area contributed by atoms with Crippen molar-refractivity contribution in [3.05, 3.63) is 173 Å². The molecule has 0 aliphatic carbocycles. The van der Waals surface area contributed by atoms with E-state index in [1.807, 2.05) is 91.0 Å². The van der Waals surface area contributed by atoms with E-state index in [0.717, 1.165) is 16.7 Å². The van der Waals surface area contributed by atoms with Crippen LogP contribution in [0.1, 0.15) is 22.4 Å². The van der Waals surface area contributed by atoms with Crippen molar-refractivity contribution in [2.45, 2.75) is 43.0 Å². The SMILES string of the molecule is O=S(=O)(C1=C(c2ccccn2)O[C@H](COCc2ccccc2)[C@@H](OCc2ccccc2)[C@@H]1OCc1ccccc1)c1ccccc1. The maximum atomic E-state index is 14.6. The van der Waals surface area contributed by atoms with Crippen LogP contribution in [0.5, 0.6) is 0 Å². The summed E-state index contributed by atoms with van der Waals surface area (Å²) in [5, 5.41) is 0. The molecule has 3 atom stereocenters. The van der Waals surface area contributed by atoms with Gasteiger partial charge in [-0.1, -0.05) is 115 Å². The summed E-state index contributed by atoms with van der Waals surface area (Å²) in [4.78, 5) is 4.59. The highest BCUT2D eigenvalue weighted by molar-refractivity contribution is 7.95. The molecule has 46 heavy (non-hydrogen) atoms. The third-order valence-corrected chi connectivity index (χ3v) is 9.50. The molecule has 1 aromatic heterocycles. The van der Waals surface area contributed by atoms with Crippen molar-refractivity contribution in [1.82, 2.24) is 4.98 Å². The minimum atomic E-state index is -4.15. The van der Waals surface area contributed by atoms with E-state index in [2.05, 4.69) is 4.98 Å². The highest BCUT2D eigenvalue weighted by Gasteiger charge is 2.48. The van der Waals surface area contributed by atoms with Gasteiger partial charge in [0.15, 0.2) is 11.9 Å². The van der Waals surface area contributed by atoms with Crippen LogP contribution < -0.4 is 0 Å². The monoisotopic (exact) mass is 633 g/mol. The fourth-order valence-electron chi connectivity index (χ4n) is 5.32. The third kappa shape index (κ3) is 7.61. The summed E-state index contributed by atoms with van der Waals surface area (Å²) in [6.07, 6.45) is -1.01. The van der Waals surface area contributed by atoms with Crippen molar-refractivity contribution in [2.75, 3.05) is 6.61 Å². The van der Waals surface area contributed by atoms with Crippen LogP contribution in [0.2, 0.25) is 0 Å². The van der Waals surface area contributed by atoms with Gasteiger partial charge in [0.25, 0.3) is 0 Å². The molecule has 5 aromatic rings. The van der Waals surface area contributed by atoms with Crippen LogP contribution in [0.3, 0.4) is 0 Å². The molecule has 1 aliphatic rings. The van der Waals surface area contributed by atoms with Crippen molar-refractivity contribution in [2.24, 2.45) is 0 Å².